The van der Waals surface area contributed by atoms with Crippen molar-refractivity contribution in [3.63, 3.8) is 0 Å². The molecule has 1 atom stereocenters. The monoisotopic (exact) mass is 259 g/mol. The molecule has 0 spiro atoms. The zero-order valence-electron chi connectivity index (χ0n) is 8.99. The van der Waals surface area contributed by atoms with Crippen molar-refractivity contribution in [2.75, 3.05) is 11.4 Å². The zero-order chi connectivity index (χ0) is 13.4. The van der Waals surface area contributed by atoms with Crippen LogP contribution >= 0.6 is 0 Å². The second kappa shape index (κ2) is 4.32. The van der Waals surface area contributed by atoms with E-state index in [0.717, 1.165) is 11.0 Å². The van der Waals surface area contributed by atoms with Crippen LogP contribution in [0.5, 0.6) is 0 Å². The minimum atomic E-state index is -1.68. The third kappa shape index (κ3) is 1.92. The van der Waals surface area contributed by atoms with Gasteiger partial charge >= 0.3 is 5.97 Å². The Morgan fingerprint density at radius 3 is 2.50 bits per heavy atom. The van der Waals surface area contributed by atoms with Gasteiger partial charge in [-0.05, 0) is 12.1 Å². The summed E-state index contributed by atoms with van der Waals surface area (Å²) < 4.78 is 39.2. The maximum Gasteiger partial charge on any atom is 0.308 e. The van der Waals surface area contributed by atoms with E-state index < -0.39 is 40.9 Å². The van der Waals surface area contributed by atoms with E-state index in [1.54, 1.807) is 0 Å². The number of anilines is 1. The SMILES string of the molecule is O=C(O)[C@@H]1CC(=O)N(c2ccc(F)c(F)c2F)C1. The third-order valence-corrected chi connectivity index (χ3v) is 2.78. The van der Waals surface area contributed by atoms with Crippen molar-refractivity contribution in [3.05, 3.63) is 29.6 Å². The molecule has 0 unspecified atom stereocenters. The molecular weight excluding hydrogens is 251 g/mol. The van der Waals surface area contributed by atoms with Gasteiger partial charge in [-0.2, -0.15) is 0 Å². The summed E-state index contributed by atoms with van der Waals surface area (Å²) in [4.78, 5) is 23.1. The van der Waals surface area contributed by atoms with Crippen molar-refractivity contribution in [3.8, 4) is 0 Å². The summed E-state index contributed by atoms with van der Waals surface area (Å²) in [5.41, 5.74) is -0.442. The van der Waals surface area contributed by atoms with Gasteiger partial charge in [-0.1, -0.05) is 0 Å². The molecule has 4 nitrogen and oxygen atoms in total. The first kappa shape index (κ1) is 12.4. The molecule has 1 saturated heterocycles. The standard InChI is InChI=1S/C11H8F3NO3/c12-6-1-2-7(10(14)9(6)13)15-4-5(11(17)18)3-8(15)16/h1-2,5H,3-4H2,(H,17,18)/t5-/m1/s1. The van der Waals surface area contributed by atoms with Crippen molar-refractivity contribution < 1.29 is 27.9 Å². The number of hydrogen-bond donors (Lipinski definition) is 1. The van der Waals surface area contributed by atoms with Crippen LogP contribution in [0, 0.1) is 23.4 Å². The predicted molar refractivity (Wildman–Crippen MR) is 54.4 cm³/mol. The number of carbonyl (C=O) groups is 2. The van der Waals surface area contributed by atoms with Gasteiger partial charge in [0.1, 0.15) is 0 Å². The maximum absolute atomic E-state index is 13.5. The van der Waals surface area contributed by atoms with E-state index >= 15 is 0 Å². The Hall–Kier alpha value is -2.05. The van der Waals surface area contributed by atoms with Crippen LogP contribution in [-0.4, -0.2) is 23.5 Å². The lowest BCUT2D eigenvalue weighted by Crippen LogP contribution is -2.27. The van der Waals surface area contributed by atoms with Crippen molar-refractivity contribution in [2.24, 2.45) is 5.92 Å². The lowest BCUT2D eigenvalue weighted by atomic mass is 10.1. The molecule has 18 heavy (non-hydrogen) atoms. The third-order valence-electron chi connectivity index (χ3n) is 2.78. The molecule has 7 heteroatoms. The quantitative estimate of drug-likeness (QED) is 0.819. The second-order valence-electron chi connectivity index (χ2n) is 3.94. The average molecular weight is 259 g/mol. The lowest BCUT2D eigenvalue weighted by molar-refractivity contribution is -0.141. The number of amides is 1. The average Bonchev–Trinajstić information content (AvgIpc) is 2.69. The van der Waals surface area contributed by atoms with Crippen LogP contribution in [0.15, 0.2) is 12.1 Å². The highest BCUT2D eigenvalue weighted by molar-refractivity contribution is 5.99. The maximum atomic E-state index is 13.5. The predicted octanol–water partition coefficient (Wildman–Crippen LogP) is 1.54. The Kier molecular flexibility index (Phi) is 2.98. The largest absolute Gasteiger partial charge is 0.481 e. The Balaban J connectivity index is 2.36. The molecule has 2 rings (SSSR count). The van der Waals surface area contributed by atoms with Crippen LogP contribution in [0.4, 0.5) is 18.9 Å². The molecule has 96 valence electrons. The van der Waals surface area contributed by atoms with E-state index in [1.807, 2.05) is 0 Å². The topological polar surface area (TPSA) is 57.6 Å². The summed E-state index contributed by atoms with van der Waals surface area (Å²) in [6, 6.07) is 1.60. The molecule has 1 aliphatic rings. The molecule has 0 saturated carbocycles. The molecule has 1 amide bonds. The normalized spacial score (nSPS) is 19.4. The second-order valence-corrected chi connectivity index (χ2v) is 3.94. The molecule has 1 N–H and O–H groups in total. The van der Waals surface area contributed by atoms with E-state index in [1.165, 1.54) is 0 Å². The first-order valence-electron chi connectivity index (χ1n) is 5.08. The molecule has 0 aromatic heterocycles. The summed E-state index contributed by atoms with van der Waals surface area (Å²) in [6.45, 7) is -0.254. The van der Waals surface area contributed by atoms with E-state index in [2.05, 4.69) is 0 Å². The summed E-state index contributed by atoms with van der Waals surface area (Å²) >= 11 is 0. The Labute approximate surface area is 99.6 Å². The lowest BCUT2D eigenvalue weighted by Gasteiger charge is -2.17. The van der Waals surface area contributed by atoms with Crippen LogP contribution in [-0.2, 0) is 9.59 Å². The smallest absolute Gasteiger partial charge is 0.308 e. The fourth-order valence-electron chi connectivity index (χ4n) is 1.83. The van der Waals surface area contributed by atoms with Crippen molar-refractivity contribution in [1.29, 1.82) is 0 Å². The van der Waals surface area contributed by atoms with Gasteiger partial charge < -0.3 is 10.0 Å². The molecule has 0 bridgehead atoms. The van der Waals surface area contributed by atoms with Crippen LogP contribution in [0.3, 0.4) is 0 Å². The van der Waals surface area contributed by atoms with Crippen molar-refractivity contribution in [2.45, 2.75) is 6.42 Å². The molecule has 0 radical (unpaired) electrons. The number of carboxylic acids is 1. The highest BCUT2D eigenvalue weighted by Gasteiger charge is 2.36. The molecule has 1 aromatic carbocycles. The van der Waals surface area contributed by atoms with Crippen molar-refractivity contribution >= 4 is 17.6 Å². The summed E-state index contributed by atoms with van der Waals surface area (Å²) in [5.74, 6) is -7.32. The molecule has 1 aliphatic heterocycles. The van der Waals surface area contributed by atoms with Crippen LogP contribution < -0.4 is 4.90 Å². The number of carbonyl (C=O) groups excluding carboxylic acids is 1. The van der Waals surface area contributed by atoms with Gasteiger partial charge in [0.25, 0.3) is 0 Å². The molecule has 0 aliphatic carbocycles. The van der Waals surface area contributed by atoms with E-state index in [0.29, 0.717) is 6.07 Å². The fraction of sp³-hybridized carbons (Fsp3) is 0.273. The first-order valence-corrected chi connectivity index (χ1v) is 5.08. The van der Waals surface area contributed by atoms with Gasteiger partial charge in [0.2, 0.25) is 5.91 Å². The number of nitrogens with zero attached hydrogens (tertiary/aromatic N) is 1. The Morgan fingerprint density at radius 2 is 1.94 bits per heavy atom. The summed E-state index contributed by atoms with van der Waals surface area (Å²) in [7, 11) is 0. The Bertz CT molecular complexity index is 533. The number of halogens is 3. The number of rotatable bonds is 2. The van der Waals surface area contributed by atoms with E-state index in [-0.39, 0.29) is 13.0 Å². The first-order chi connectivity index (χ1) is 8.41. The number of aliphatic carboxylic acids is 1. The highest BCUT2D eigenvalue weighted by Crippen LogP contribution is 2.29. The van der Waals surface area contributed by atoms with Crippen LogP contribution in [0.1, 0.15) is 6.42 Å². The fourth-order valence-corrected chi connectivity index (χ4v) is 1.83. The summed E-state index contributed by atoms with van der Waals surface area (Å²) in [5, 5.41) is 8.76. The van der Waals surface area contributed by atoms with Crippen molar-refractivity contribution in [1.82, 2.24) is 0 Å². The van der Waals surface area contributed by atoms with Gasteiger partial charge in [0.15, 0.2) is 17.5 Å². The number of carboxylic acid groups (broad SMARTS) is 1. The number of benzene rings is 1. The van der Waals surface area contributed by atoms with E-state index in [9.17, 15) is 22.8 Å². The van der Waals surface area contributed by atoms with Gasteiger partial charge in [0, 0.05) is 13.0 Å². The molecular formula is C11H8F3NO3. The molecule has 1 aromatic rings. The van der Waals surface area contributed by atoms with E-state index in [4.69, 9.17) is 5.11 Å². The van der Waals surface area contributed by atoms with Crippen LogP contribution in [0.25, 0.3) is 0 Å². The minimum Gasteiger partial charge on any atom is -0.481 e. The minimum absolute atomic E-state index is 0.254. The van der Waals surface area contributed by atoms with Gasteiger partial charge in [-0.3, -0.25) is 9.59 Å². The summed E-state index contributed by atoms with van der Waals surface area (Å²) in [6.07, 6.45) is -0.284. The van der Waals surface area contributed by atoms with Gasteiger partial charge in [-0.25, -0.2) is 13.2 Å². The highest BCUT2D eigenvalue weighted by atomic mass is 19.2. The van der Waals surface area contributed by atoms with Gasteiger partial charge in [0.05, 0.1) is 11.6 Å². The zero-order valence-corrected chi connectivity index (χ0v) is 8.99. The Morgan fingerprint density at radius 1 is 1.28 bits per heavy atom. The van der Waals surface area contributed by atoms with Gasteiger partial charge in [-0.15, -0.1) is 0 Å². The molecule has 1 fully saturated rings. The number of hydrogen-bond acceptors (Lipinski definition) is 2. The van der Waals surface area contributed by atoms with Crippen LogP contribution in [0.2, 0.25) is 0 Å². The molecule has 1 heterocycles.